The molecule has 2 heterocycles. The van der Waals surface area contributed by atoms with Crippen LogP contribution >= 0.6 is 11.3 Å². The fourth-order valence-electron chi connectivity index (χ4n) is 2.90. The molecule has 3 aromatic rings. The topological polar surface area (TPSA) is 72.7 Å². The molecule has 6 nitrogen and oxygen atoms in total. The van der Waals surface area contributed by atoms with Crippen molar-refractivity contribution < 1.29 is 9.53 Å². The number of benzene rings is 1. The number of carbonyl (C=O) groups is 1. The quantitative estimate of drug-likeness (QED) is 0.667. The molecule has 3 rings (SSSR count). The van der Waals surface area contributed by atoms with Gasteiger partial charge in [-0.1, -0.05) is 19.9 Å². The van der Waals surface area contributed by atoms with Crippen LogP contribution in [0, 0.1) is 12.8 Å². The first-order valence-corrected chi connectivity index (χ1v) is 9.90. The molecule has 0 aliphatic rings. The third-order valence-electron chi connectivity index (χ3n) is 4.47. The van der Waals surface area contributed by atoms with Gasteiger partial charge in [-0.2, -0.15) is 0 Å². The van der Waals surface area contributed by atoms with E-state index in [9.17, 15) is 9.59 Å². The second kappa shape index (κ2) is 8.35. The highest BCUT2D eigenvalue weighted by atomic mass is 32.1. The van der Waals surface area contributed by atoms with Gasteiger partial charge in [0.25, 0.3) is 5.56 Å². The Kier molecular flexibility index (Phi) is 5.91. The summed E-state index contributed by atoms with van der Waals surface area (Å²) in [5.74, 6) is 0.639. The fraction of sp³-hybridized carbons (Fsp3) is 0.350. The monoisotopic (exact) mass is 385 g/mol. The number of rotatable bonds is 7. The molecule has 1 N–H and O–H groups in total. The molecule has 0 atom stereocenters. The molecule has 1 amide bonds. The Bertz CT molecular complexity index is 1010. The number of ether oxygens (including phenoxy) is 1. The van der Waals surface area contributed by atoms with Crippen molar-refractivity contribution >= 4 is 27.9 Å². The number of carbonyl (C=O) groups excluding carboxylic acids is 1. The van der Waals surface area contributed by atoms with Crippen molar-refractivity contribution in [3.63, 3.8) is 0 Å². The molecule has 0 radical (unpaired) electrons. The molecular weight excluding hydrogens is 362 g/mol. The maximum Gasteiger partial charge on any atom is 0.259 e. The van der Waals surface area contributed by atoms with E-state index in [0.29, 0.717) is 22.1 Å². The van der Waals surface area contributed by atoms with E-state index in [1.807, 2.05) is 44.4 Å². The highest BCUT2D eigenvalue weighted by Gasteiger charge is 2.14. The lowest BCUT2D eigenvalue weighted by Gasteiger charge is -2.13. The van der Waals surface area contributed by atoms with Gasteiger partial charge in [-0.3, -0.25) is 14.0 Å². The van der Waals surface area contributed by atoms with E-state index in [2.05, 4.69) is 10.3 Å². The van der Waals surface area contributed by atoms with Gasteiger partial charge in [0.1, 0.15) is 12.4 Å². The Balaban J connectivity index is 1.70. The SMILES string of the molecule is CCC(CC)C(=O)Nc1cccc(OCc2cc(=O)n3c(C)csc3n2)c1. The van der Waals surface area contributed by atoms with Gasteiger partial charge in [-0.25, -0.2) is 4.98 Å². The number of thiazole rings is 1. The van der Waals surface area contributed by atoms with Crippen LogP contribution in [0.3, 0.4) is 0 Å². The highest BCUT2D eigenvalue weighted by molar-refractivity contribution is 7.15. The van der Waals surface area contributed by atoms with Gasteiger partial charge in [0.05, 0.1) is 5.69 Å². The molecule has 7 heteroatoms. The van der Waals surface area contributed by atoms with Crippen molar-refractivity contribution in [3.05, 3.63) is 57.5 Å². The molecule has 0 aliphatic carbocycles. The largest absolute Gasteiger partial charge is 0.487 e. The summed E-state index contributed by atoms with van der Waals surface area (Å²) >= 11 is 1.43. The number of hydrogen-bond acceptors (Lipinski definition) is 5. The van der Waals surface area contributed by atoms with Gasteiger partial charge in [0.15, 0.2) is 4.96 Å². The summed E-state index contributed by atoms with van der Waals surface area (Å²) in [6.45, 7) is 6.08. The highest BCUT2D eigenvalue weighted by Crippen LogP contribution is 2.20. The van der Waals surface area contributed by atoms with Crippen molar-refractivity contribution in [2.24, 2.45) is 5.92 Å². The van der Waals surface area contributed by atoms with Crippen LogP contribution in [0.25, 0.3) is 4.96 Å². The molecule has 0 bridgehead atoms. The summed E-state index contributed by atoms with van der Waals surface area (Å²) in [7, 11) is 0. The first kappa shape index (κ1) is 19.1. The molecule has 0 saturated carbocycles. The Hall–Kier alpha value is -2.67. The fourth-order valence-corrected chi connectivity index (χ4v) is 3.79. The summed E-state index contributed by atoms with van der Waals surface area (Å²) in [5.41, 5.74) is 2.04. The van der Waals surface area contributed by atoms with Gasteiger partial charge in [0, 0.05) is 34.8 Å². The molecule has 1 aromatic carbocycles. The van der Waals surface area contributed by atoms with Crippen molar-refractivity contribution in [1.82, 2.24) is 9.38 Å². The van der Waals surface area contributed by atoms with Crippen LogP contribution < -0.4 is 15.6 Å². The van der Waals surface area contributed by atoms with Gasteiger partial charge < -0.3 is 10.1 Å². The number of aryl methyl sites for hydroxylation is 1. The summed E-state index contributed by atoms with van der Waals surface area (Å²) < 4.78 is 7.37. The molecular formula is C20H23N3O3S. The normalized spacial score (nSPS) is 11.1. The third kappa shape index (κ3) is 4.36. The number of amides is 1. The van der Waals surface area contributed by atoms with Gasteiger partial charge in [-0.15, -0.1) is 11.3 Å². The molecule has 27 heavy (non-hydrogen) atoms. The summed E-state index contributed by atoms with van der Waals surface area (Å²) in [5, 5.41) is 4.84. The molecule has 142 valence electrons. The lowest BCUT2D eigenvalue weighted by Crippen LogP contribution is -2.21. The molecule has 0 unspecified atom stereocenters. The minimum Gasteiger partial charge on any atom is -0.487 e. The van der Waals surface area contributed by atoms with E-state index < -0.39 is 0 Å². The average molecular weight is 385 g/mol. The van der Waals surface area contributed by atoms with E-state index in [1.54, 1.807) is 10.5 Å². The van der Waals surface area contributed by atoms with Crippen LogP contribution in [-0.2, 0) is 11.4 Å². The predicted octanol–water partition coefficient (Wildman–Crippen LogP) is 4.02. The molecule has 0 spiro atoms. The third-order valence-corrected chi connectivity index (χ3v) is 5.42. The van der Waals surface area contributed by atoms with Crippen LogP contribution in [0.4, 0.5) is 5.69 Å². The van der Waals surface area contributed by atoms with Gasteiger partial charge in [0.2, 0.25) is 5.91 Å². The standard InChI is InChI=1S/C20H23N3O3S/c1-4-14(5-2)19(25)21-15-7-6-8-17(9-15)26-11-16-10-18(24)23-13(3)12-27-20(23)22-16/h6-10,12,14H,4-5,11H2,1-3H3,(H,21,25). The van der Waals surface area contributed by atoms with Crippen molar-refractivity contribution in [3.8, 4) is 5.75 Å². The van der Waals surface area contributed by atoms with Crippen molar-refractivity contribution in [2.75, 3.05) is 5.32 Å². The zero-order chi connectivity index (χ0) is 19.4. The van der Waals surface area contributed by atoms with Gasteiger partial charge in [-0.05, 0) is 31.9 Å². The smallest absolute Gasteiger partial charge is 0.259 e. The lowest BCUT2D eigenvalue weighted by atomic mass is 10.0. The van der Waals surface area contributed by atoms with Crippen molar-refractivity contribution in [1.29, 1.82) is 0 Å². The maximum atomic E-state index is 12.2. The number of hydrogen-bond donors (Lipinski definition) is 1. The van der Waals surface area contributed by atoms with Crippen LogP contribution in [0.5, 0.6) is 5.75 Å². The minimum atomic E-state index is -0.108. The van der Waals surface area contributed by atoms with E-state index in [1.165, 1.54) is 17.4 Å². The van der Waals surface area contributed by atoms with E-state index in [4.69, 9.17) is 4.74 Å². The second-order valence-electron chi connectivity index (χ2n) is 6.40. The number of aromatic nitrogens is 2. The Morgan fingerprint density at radius 1 is 1.30 bits per heavy atom. The summed E-state index contributed by atoms with van der Waals surface area (Å²) in [4.78, 5) is 29.6. The molecule has 0 aliphatic heterocycles. The maximum absolute atomic E-state index is 12.2. The molecule has 0 saturated heterocycles. The first-order valence-electron chi connectivity index (χ1n) is 9.02. The Labute approximate surface area is 161 Å². The number of fused-ring (bicyclic) bond motifs is 1. The van der Waals surface area contributed by atoms with E-state index >= 15 is 0 Å². The number of anilines is 1. The van der Waals surface area contributed by atoms with Crippen LogP contribution in [0.2, 0.25) is 0 Å². The van der Waals surface area contributed by atoms with Crippen LogP contribution in [0.1, 0.15) is 38.1 Å². The number of nitrogens with zero attached hydrogens (tertiary/aromatic N) is 2. The lowest BCUT2D eigenvalue weighted by molar-refractivity contribution is -0.120. The van der Waals surface area contributed by atoms with E-state index in [0.717, 1.165) is 18.5 Å². The average Bonchev–Trinajstić information content (AvgIpc) is 3.03. The Morgan fingerprint density at radius 2 is 2.07 bits per heavy atom. The van der Waals surface area contributed by atoms with Crippen molar-refractivity contribution in [2.45, 2.75) is 40.2 Å². The minimum absolute atomic E-state index is 0.00716. The summed E-state index contributed by atoms with van der Waals surface area (Å²) in [6, 6.07) is 8.74. The zero-order valence-electron chi connectivity index (χ0n) is 15.7. The van der Waals surface area contributed by atoms with Crippen LogP contribution in [-0.4, -0.2) is 15.3 Å². The second-order valence-corrected chi connectivity index (χ2v) is 7.24. The Morgan fingerprint density at radius 3 is 2.81 bits per heavy atom. The molecule has 2 aromatic heterocycles. The zero-order valence-corrected chi connectivity index (χ0v) is 16.5. The van der Waals surface area contributed by atoms with Crippen LogP contribution in [0.15, 0.2) is 40.5 Å². The predicted molar refractivity (Wildman–Crippen MR) is 108 cm³/mol. The van der Waals surface area contributed by atoms with E-state index in [-0.39, 0.29) is 24.0 Å². The van der Waals surface area contributed by atoms with Gasteiger partial charge >= 0.3 is 0 Å². The number of nitrogens with one attached hydrogen (secondary N) is 1. The summed E-state index contributed by atoms with van der Waals surface area (Å²) in [6.07, 6.45) is 1.62. The first-order chi connectivity index (χ1) is 13.0. The molecule has 0 fully saturated rings.